The molecule has 1 aliphatic carbocycles. The van der Waals surface area contributed by atoms with E-state index in [2.05, 4.69) is 16.4 Å². The van der Waals surface area contributed by atoms with Gasteiger partial charge in [-0.25, -0.2) is 4.79 Å². The highest BCUT2D eigenvalue weighted by Crippen LogP contribution is 2.33. The highest BCUT2D eigenvalue weighted by atomic mass is 16.7. The molecular weight excluding hydrogens is 430 g/mol. The van der Waals surface area contributed by atoms with Crippen molar-refractivity contribution in [1.29, 1.82) is 0 Å². The van der Waals surface area contributed by atoms with E-state index in [9.17, 15) is 9.59 Å². The molecule has 0 atom stereocenters. The molecule has 1 aliphatic heterocycles. The van der Waals surface area contributed by atoms with E-state index in [-0.39, 0.29) is 31.0 Å². The van der Waals surface area contributed by atoms with Crippen LogP contribution in [0.5, 0.6) is 11.5 Å². The van der Waals surface area contributed by atoms with Crippen LogP contribution in [0.2, 0.25) is 0 Å². The number of amides is 2. The van der Waals surface area contributed by atoms with Crippen molar-refractivity contribution in [1.82, 2.24) is 15.2 Å². The number of benzene rings is 2. The third-order valence-electron chi connectivity index (χ3n) is 6.91. The van der Waals surface area contributed by atoms with Crippen LogP contribution in [-0.4, -0.2) is 28.7 Å². The molecule has 1 saturated carbocycles. The van der Waals surface area contributed by atoms with Crippen molar-refractivity contribution >= 4 is 16.9 Å². The lowest BCUT2D eigenvalue weighted by Crippen LogP contribution is -2.45. The number of carbonyl (C=O) groups excluding carboxylic acids is 1. The number of aryl methyl sites for hydroxylation is 2. The zero-order chi connectivity index (χ0) is 23.7. The number of aromatic nitrogens is 1. The lowest BCUT2D eigenvalue weighted by molar-refractivity contribution is 0.173. The van der Waals surface area contributed by atoms with Gasteiger partial charge >= 0.3 is 6.03 Å². The standard InChI is InChI=1S/C27H31N3O4/c1-17-8-9-18(2)25-22(17)13-20(26(31)29-25)15-30(27(32)28-21-6-4-3-5-7-21)14-19-10-11-23-24(12-19)34-16-33-23/h8-13,21H,3-7,14-16H2,1-2H3,(H,28,32)(H,29,31). The third kappa shape index (κ3) is 4.60. The van der Waals surface area contributed by atoms with Gasteiger partial charge in [0.15, 0.2) is 11.5 Å². The summed E-state index contributed by atoms with van der Waals surface area (Å²) in [4.78, 5) is 31.2. The Bertz CT molecular complexity index is 1280. The van der Waals surface area contributed by atoms with E-state index in [0.29, 0.717) is 23.6 Å². The van der Waals surface area contributed by atoms with Gasteiger partial charge in [-0.1, -0.05) is 37.5 Å². The van der Waals surface area contributed by atoms with Gasteiger partial charge in [0.1, 0.15) is 0 Å². The Balaban J connectivity index is 1.45. The van der Waals surface area contributed by atoms with Crippen LogP contribution in [0.3, 0.4) is 0 Å². The normalized spacial score (nSPS) is 15.5. The summed E-state index contributed by atoms with van der Waals surface area (Å²) in [5, 5.41) is 4.21. The highest BCUT2D eigenvalue weighted by Gasteiger charge is 2.23. The number of nitrogens with zero attached hydrogens (tertiary/aromatic N) is 1. The molecule has 7 heteroatoms. The molecule has 0 unspecified atom stereocenters. The lowest BCUT2D eigenvalue weighted by atomic mass is 9.96. The maximum Gasteiger partial charge on any atom is 0.318 e. The predicted octanol–water partition coefficient (Wildman–Crippen LogP) is 4.92. The highest BCUT2D eigenvalue weighted by molar-refractivity contribution is 5.85. The van der Waals surface area contributed by atoms with Gasteiger partial charge in [-0.15, -0.1) is 0 Å². The summed E-state index contributed by atoms with van der Waals surface area (Å²) in [7, 11) is 0. The molecule has 3 aromatic rings. The van der Waals surface area contributed by atoms with Crippen molar-refractivity contribution in [3.63, 3.8) is 0 Å². The number of ether oxygens (including phenoxy) is 2. The Labute approximate surface area is 199 Å². The second kappa shape index (κ2) is 9.41. The van der Waals surface area contributed by atoms with E-state index in [1.165, 1.54) is 6.42 Å². The van der Waals surface area contributed by atoms with Crippen LogP contribution >= 0.6 is 0 Å². The van der Waals surface area contributed by atoms with Crippen molar-refractivity contribution in [2.24, 2.45) is 0 Å². The minimum Gasteiger partial charge on any atom is -0.454 e. The van der Waals surface area contributed by atoms with Crippen LogP contribution in [0, 0.1) is 13.8 Å². The molecule has 2 aliphatic rings. The summed E-state index contributed by atoms with van der Waals surface area (Å²) in [6.07, 6.45) is 5.49. The number of rotatable bonds is 5. The third-order valence-corrected chi connectivity index (χ3v) is 6.91. The van der Waals surface area contributed by atoms with Gasteiger partial charge in [-0.2, -0.15) is 0 Å². The number of carbonyl (C=O) groups is 1. The minimum atomic E-state index is -0.164. The zero-order valence-corrected chi connectivity index (χ0v) is 19.8. The second-order valence-corrected chi connectivity index (χ2v) is 9.44. The van der Waals surface area contributed by atoms with E-state index in [0.717, 1.165) is 53.3 Å². The van der Waals surface area contributed by atoms with Crippen LogP contribution in [0.4, 0.5) is 4.79 Å². The molecule has 2 amide bonds. The number of fused-ring (bicyclic) bond motifs is 2. The summed E-state index contributed by atoms with van der Waals surface area (Å²) in [6, 6.07) is 11.7. The first-order valence-electron chi connectivity index (χ1n) is 12.0. The van der Waals surface area contributed by atoms with Crippen molar-refractivity contribution < 1.29 is 14.3 Å². The SMILES string of the molecule is Cc1ccc(C)c2[nH]c(=O)c(CN(Cc3ccc4c(c3)OCO4)C(=O)NC3CCCCC3)cc12. The first-order chi connectivity index (χ1) is 16.5. The maximum atomic E-state index is 13.4. The van der Waals surface area contributed by atoms with Crippen LogP contribution in [-0.2, 0) is 13.1 Å². The van der Waals surface area contributed by atoms with Gasteiger partial charge in [-0.3, -0.25) is 4.79 Å². The quantitative estimate of drug-likeness (QED) is 0.565. The first kappa shape index (κ1) is 22.3. The van der Waals surface area contributed by atoms with Crippen LogP contribution in [0.1, 0.15) is 54.4 Å². The fourth-order valence-corrected chi connectivity index (χ4v) is 4.91. The van der Waals surface area contributed by atoms with E-state index in [4.69, 9.17) is 9.47 Å². The number of pyridine rings is 1. The molecule has 2 N–H and O–H groups in total. The van der Waals surface area contributed by atoms with Crippen molar-refractivity contribution in [2.45, 2.75) is 65.1 Å². The fourth-order valence-electron chi connectivity index (χ4n) is 4.91. The molecule has 34 heavy (non-hydrogen) atoms. The Morgan fingerprint density at radius 2 is 1.76 bits per heavy atom. The van der Waals surface area contributed by atoms with Crippen molar-refractivity contribution in [2.75, 3.05) is 6.79 Å². The minimum absolute atomic E-state index is 0.148. The number of hydrogen-bond acceptors (Lipinski definition) is 4. The van der Waals surface area contributed by atoms with Crippen LogP contribution in [0.25, 0.3) is 10.9 Å². The molecule has 5 rings (SSSR count). The van der Waals surface area contributed by atoms with Gasteiger partial charge in [0.25, 0.3) is 5.56 Å². The van der Waals surface area contributed by atoms with E-state index >= 15 is 0 Å². The second-order valence-electron chi connectivity index (χ2n) is 9.44. The molecule has 1 aromatic heterocycles. The van der Waals surface area contributed by atoms with E-state index < -0.39 is 0 Å². The Kier molecular flexibility index (Phi) is 6.18. The molecule has 7 nitrogen and oxygen atoms in total. The molecule has 0 radical (unpaired) electrons. The summed E-state index contributed by atoms with van der Waals surface area (Å²) >= 11 is 0. The molecule has 0 bridgehead atoms. The average molecular weight is 462 g/mol. The average Bonchev–Trinajstić information content (AvgIpc) is 3.30. The number of hydrogen-bond donors (Lipinski definition) is 2. The molecule has 2 heterocycles. The fraction of sp³-hybridized carbons (Fsp3) is 0.407. The number of aromatic amines is 1. The van der Waals surface area contributed by atoms with Gasteiger partial charge < -0.3 is 24.7 Å². The summed E-state index contributed by atoms with van der Waals surface area (Å²) < 4.78 is 10.9. The van der Waals surface area contributed by atoms with Crippen molar-refractivity contribution in [3.05, 3.63) is 69.0 Å². The summed E-state index contributed by atoms with van der Waals surface area (Å²) in [5.41, 5.74) is 4.29. The number of nitrogens with one attached hydrogen (secondary N) is 2. The molecule has 0 saturated heterocycles. The first-order valence-corrected chi connectivity index (χ1v) is 12.0. The molecular formula is C27H31N3O4. The molecule has 2 aromatic carbocycles. The topological polar surface area (TPSA) is 83.7 Å². The van der Waals surface area contributed by atoms with Crippen molar-refractivity contribution in [3.8, 4) is 11.5 Å². The molecule has 0 spiro atoms. The van der Waals surface area contributed by atoms with Gasteiger partial charge in [-0.05, 0) is 61.6 Å². The van der Waals surface area contributed by atoms with Gasteiger partial charge in [0, 0.05) is 23.5 Å². The van der Waals surface area contributed by atoms with Crippen LogP contribution in [0.15, 0.2) is 41.2 Å². The number of urea groups is 1. The maximum absolute atomic E-state index is 13.4. The predicted molar refractivity (Wildman–Crippen MR) is 131 cm³/mol. The Morgan fingerprint density at radius 3 is 2.59 bits per heavy atom. The van der Waals surface area contributed by atoms with Gasteiger partial charge in [0.05, 0.1) is 12.1 Å². The number of H-pyrrole nitrogens is 1. The zero-order valence-electron chi connectivity index (χ0n) is 19.8. The van der Waals surface area contributed by atoms with E-state index in [1.54, 1.807) is 4.90 Å². The van der Waals surface area contributed by atoms with Crippen LogP contribution < -0.4 is 20.3 Å². The summed E-state index contributed by atoms with van der Waals surface area (Å²) in [5.74, 6) is 1.39. The Morgan fingerprint density at radius 1 is 1.00 bits per heavy atom. The van der Waals surface area contributed by atoms with Gasteiger partial charge in [0.2, 0.25) is 6.79 Å². The molecule has 1 fully saturated rings. The smallest absolute Gasteiger partial charge is 0.318 e. The van der Waals surface area contributed by atoms with E-state index in [1.807, 2.05) is 44.2 Å². The summed E-state index contributed by atoms with van der Waals surface area (Å²) in [6.45, 7) is 4.80. The monoisotopic (exact) mass is 461 g/mol. The Hall–Kier alpha value is -3.48. The largest absolute Gasteiger partial charge is 0.454 e. The lowest BCUT2D eigenvalue weighted by Gasteiger charge is -2.28. The molecule has 178 valence electrons.